The van der Waals surface area contributed by atoms with Crippen LogP contribution in [0, 0.1) is 6.92 Å². The van der Waals surface area contributed by atoms with Crippen LogP contribution >= 0.6 is 11.3 Å². The largest absolute Gasteiger partial charge is 0.480 e. The molecule has 2 aromatic heterocycles. The normalized spacial score (nSPS) is 16.5. The lowest BCUT2D eigenvalue weighted by atomic mass is 10.2. The Balaban J connectivity index is 1.57. The zero-order valence-electron chi connectivity index (χ0n) is 15.4. The van der Waals surface area contributed by atoms with E-state index in [0.29, 0.717) is 31.0 Å². The second-order valence-electron chi connectivity index (χ2n) is 6.75. The summed E-state index contributed by atoms with van der Waals surface area (Å²) in [4.78, 5) is 36.2. The van der Waals surface area contributed by atoms with E-state index < -0.39 is 12.0 Å². The number of likely N-dealkylation sites (tertiary alicyclic amines) is 1. The highest BCUT2D eigenvalue weighted by Gasteiger charge is 2.33. The van der Waals surface area contributed by atoms with E-state index in [1.807, 2.05) is 43.3 Å². The molecule has 1 fully saturated rings. The number of thiophene rings is 1. The molecule has 3 aromatic rings. The fourth-order valence-electron chi connectivity index (χ4n) is 3.49. The number of nitrogens with one attached hydrogen (secondary N) is 1. The molecule has 0 saturated carbocycles. The van der Waals surface area contributed by atoms with Gasteiger partial charge in [0, 0.05) is 11.4 Å². The van der Waals surface area contributed by atoms with Crippen molar-refractivity contribution in [2.45, 2.75) is 25.8 Å². The number of anilines is 1. The quantitative estimate of drug-likeness (QED) is 0.688. The summed E-state index contributed by atoms with van der Waals surface area (Å²) in [7, 11) is 0. The third kappa shape index (κ3) is 3.55. The minimum Gasteiger partial charge on any atom is -0.480 e. The van der Waals surface area contributed by atoms with E-state index in [9.17, 15) is 14.7 Å². The van der Waals surface area contributed by atoms with E-state index in [4.69, 9.17) is 0 Å². The number of nitrogens with zero attached hydrogens (tertiary/aromatic N) is 3. The van der Waals surface area contributed by atoms with Gasteiger partial charge in [-0.15, -0.1) is 11.3 Å². The Labute approximate surface area is 166 Å². The van der Waals surface area contributed by atoms with E-state index >= 15 is 0 Å². The molecule has 8 heteroatoms. The van der Waals surface area contributed by atoms with Crippen molar-refractivity contribution in [3.8, 4) is 10.4 Å². The van der Waals surface area contributed by atoms with Gasteiger partial charge < -0.3 is 15.3 Å². The molecule has 1 aliphatic rings. The lowest BCUT2D eigenvalue weighted by molar-refractivity contribution is -0.147. The molecule has 0 bridgehead atoms. The first kappa shape index (κ1) is 18.4. The van der Waals surface area contributed by atoms with E-state index in [0.717, 1.165) is 20.7 Å². The van der Waals surface area contributed by atoms with E-state index in [-0.39, 0.29) is 12.5 Å². The SMILES string of the molecule is Cc1nc(NCC(=O)N2CCCC2C(=O)O)c2cc(-c3ccccc3)sc2n1. The van der Waals surface area contributed by atoms with Crippen LogP contribution in [0.3, 0.4) is 0 Å². The first-order valence-electron chi connectivity index (χ1n) is 9.12. The average Bonchev–Trinajstić information content (AvgIpc) is 3.33. The number of carboxylic acid groups (broad SMARTS) is 1. The number of carbonyl (C=O) groups excluding carboxylic acids is 1. The van der Waals surface area contributed by atoms with Crippen molar-refractivity contribution in [3.63, 3.8) is 0 Å². The second kappa shape index (κ2) is 7.55. The molecule has 7 nitrogen and oxygen atoms in total. The van der Waals surface area contributed by atoms with Crippen LogP contribution in [-0.2, 0) is 9.59 Å². The molecule has 0 spiro atoms. The zero-order chi connectivity index (χ0) is 19.7. The fraction of sp³-hybridized carbons (Fsp3) is 0.300. The smallest absolute Gasteiger partial charge is 0.326 e. The minimum atomic E-state index is -0.948. The highest BCUT2D eigenvalue weighted by atomic mass is 32.1. The number of hydrogen-bond donors (Lipinski definition) is 2. The van der Waals surface area contributed by atoms with Crippen LogP contribution in [0.4, 0.5) is 5.82 Å². The lowest BCUT2D eigenvalue weighted by Gasteiger charge is -2.21. The number of aliphatic carboxylic acids is 1. The predicted octanol–water partition coefficient (Wildman–Crippen LogP) is 3.15. The molecular formula is C20H20N4O3S. The van der Waals surface area contributed by atoms with Crippen LogP contribution in [0.25, 0.3) is 20.7 Å². The summed E-state index contributed by atoms with van der Waals surface area (Å²) >= 11 is 1.58. The zero-order valence-corrected chi connectivity index (χ0v) is 16.2. The highest BCUT2D eigenvalue weighted by Crippen LogP contribution is 2.35. The molecule has 2 N–H and O–H groups in total. The maximum Gasteiger partial charge on any atom is 0.326 e. The number of fused-ring (bicyclic) bond motifs is 1. The summed E-state index contributed by atoms with van der Waals surface area (Å²) in [6, 6.07) is 11.3. The molecule has 144 valence electrons. The number of carboxylic acids is 1. The summed E-state index contributed by atoms with van der Waals surface area (Å²) < 4.78 is 0. The van der Waals surface area contributed by atoms with Crippen molar-refractivity contribution >= 4 is 39.2 Å². The summed E-state index contributed by atoms with van der Waals surface area (Å²) in [5, 5.41) is 13.2. The fourth-order valence-corrected chi connectivity index (χ4v) is 4.57. The molecule has 1 saturated heterocycles. The molecule has 0 radical (unpaired) electrons. The molecule has 1 aromatic carbocycles. The summed E-state index contributed by atoms with van der Waals surface area (Å²) in [5.41, 5.74) is 1.10. The Morgan fingerprint density at radius 1 is 1.29 bits per heavy atom. The second-order valence-corrected chi connectivity index (χ2v) is 7.78. The molecule has 3 heterocycles. The number of amides is 1. The molecule has 1 unspecified atom stereocenters. The van der Waals surface area contributed by atoms with Crippen LogP contribution in [0.1, 0.15) is 18.7 Å². The van der Waals surface area contributed by atoms with Gasteiger partial charge in [0.15, 0.2) is 0 Å². The summed E-state index contributed by atoms with van der Waals surface area (Å²) in [5.74, 6) is 0.0399. The number of carbonyl (C=O) groups is 2. The molecule has 1 amide bonds. The van der Waals surface area contributed by atoms with Gasteiger partial charge in [0.1, 0.15) is 22.5 Å². The van der Waals surface area contributed by atoms with Gasteiger partial charge in [0.25, 0.3) is 0 Å². The van der Waals surface area contributed by atoms with Crippen LogP contribution in [0.5, 0.6) is 0 Å². The monoisotopic (exact) mass is 396 g/mol. The Morgan fingerprint density at radius 3 is 2.82 bits per heavy atom. The van der Waals surface area contributed by atoms with Crippen LogP contribution in [-0.4, -0.2) is 51.0 Å². The Bertz CT molecular complexity index is 1030. The van der Waals surface area contributed by atoms with Gasteiger partial charge >= 0.3 is 5.97 Å². The van der Waals surface area contributed by atoms with Gasteiger partial charge in [-0.25, -0.2) is 14.8 Å². The van der Waals surface area contributed by atoms with Crippen LogP contribution in [0.15, 0.2) is 36.4 Å². The number of benzene rings is 1. The van der Waals surface area contributed by atoms with Crippen molar-refractivity contribution < 1.29 is 14.7 Å². The highest BCUT2D eigenvalue weighted by molar-refractivity contribution is 7.21. The van der Waals surface area contributed by atoms with E-state index in [1.54, 1.807) is 11.3 Å². The summed E-state index contributed by atoms with van der Waals surface area (Å²) in [6.45, 7) is 2.30. The molecule has 4 rings (SSSR count). The number of aromatic nitrogens is 2. The first-order chi connectivity index (χ1) is 13.5. The molecule has 1 atom stereocenters. The Kier molecular flexibility index (Phi) is 4.95. The van der Waals surface area contributed by atoms with Gasteiger partial charge in [-0.1, -0.05) is 30.3 Å². The van der Waals surface area contributed by atoms with Gasteiger partial charge in [0.2, 0.25) is 5.91 Å². The van der Waals surface area contributed by atoms with Crippen molar-refractivity contribution in [2.24, 2.45) is 0 Å². The van der Waals surface area contributed by atoms with Crippen LogP contribution < -0.4 is 5.32 Å². The minimum absolute atomic E-state index is 0.00580. The third-order valence-electron chi connectivity index (χ3n) is 4.83. The van der Waals surface area contributed by atoms with Crippen molar-refractivity contribution in [1.82, 2.24) is 14.9 Å². The standard InChI is InChI=1S/C20H20N4O3S/c1-12-22-18(21-11-17(25)24-9-5-8-15(24)20(26)27)14-10-16(28-19(14)23-12)13-6-3-2-4-7-13/h2-4,6-7,10,15H,5,8-9,11H2,1H3,(H,26,27)(H,21,22,23). The van der Waals surface area contributed by atoms with Crippen molar-refractivity contribution in [1.29, 1.82) is 0 Å². The van der Waals surface area contributed by atoms with Gasteiger partial charge in [-0.3, -0.25) is 4.79 Å². The van der Waals surface area contributed by atoms with Crippen LogP contribution in [0.2, 0.25) is 0 Å². The van der Waals surface area contributed by atoms with Crippen molar-refractivity contribution in [3.05, 3.63) is 42.2 Å². The molecular weight excluding hydrogens is 376 g/mol. The first-order valence-corrected chi connectivity index (χ1v) is 9.94. The summed E-state index contributed by atoms with van der Waals surface area (Å²) in [6.07, 6.45) is 1.22. The number of aryl methyl sites for hydroxylation is 1. The Hall–Kier alpha value is -3.00. The topological polar surface area (TPSA) is 95.4 Å². The molecule has 0 aliphatic carbocycles. The third-order valence-corrected chi connectivity index (χ3v) is 5.91. The average molecular weight is 396 g/mol. The van der Waals surface area contributed by atoms with Gasteiger partial charge in [0.05, 0.1) is 11.9 Å². The van der Waals surface area contributed by atoms with Gasteiger partial charge in [-0.05, 0) is 31.4 Å². The number of hydrogen-bond acceptors (Lipinski definition) is 6. The predicted molar refractivity (Wildman–Crippen MR) is 108 cm³/mol. The molecule has 1 aliphatic heterocycles. The lowest BCUT2D eigenvalue weighted by Crippen LogP contribution is -2.43. The maximum atomic E-state index is 12.5. The Morgan fingerprint density at radius 2 is 2.07 bits per heavy atom. The van der Waals surface area contributed by atoms with E-state index in [2.05, 4.69) is 15.3 Å². The van der Waals surface area contributed by atoms with E-state index in [1.165, 1.54) is 4.90 Å². The number of rotatable bonds is 5. The van der Waals surface area contributed by atoms with Gasteiger partial charge in [-0.2, -0.15) is 0 Å². The molecule has 28 heavy (non-hydrogen) atoms. The maximum absolute atomic E-state index is 12.5. The van der Waals surface area contributed by atoms with Crippen molar-refractivity contribution in [2.75, 3.05) is 18.4 Å².